The molecule has 4 rings (SSSR count). The SMILES string of the molecule is O=C(CN(c1ccc(F)cc1)S(=O)(=O)c1ccc2c(c1)OCCO2)NCc1ccc(Cl)cc1. The van der Waals surface area contributed by atoms with Gasteiger partial charge in [-0.3, -0.25) is 9.10 Å². The van der Waals surface area contributed by atoms with Crippen molar-refractivity contribution in [1.82, 2.24) is 5.32 Å². The quantitative estimate of drug-likeness (QED) is 0.545. The van der Waals surface area contributed by atoms with Crippen LogP contribution in [0.1, 0.15) is 5.56 Å². The lowest BCUT2D eigenvalue weighted by Crippen LogP contribution is -2.40. The number of ether oxygens (including phenoxy) is 2. The molecule has 0 radical (unpaired) electrons. The number of sulfonamides is 1. The molecule has 0 unspecified atom stereocenters. The summed E-state index contributed by atoms with van der Waals surface area (Å²) < 4.78 is 52.3. The third-order valence-corrected chi connectivity index (χ3v) is 6.93. The van der Waals surface area contributed by atoms with Gasteiger partial charge in [-0.25, -0.2) is 12.8 Å². The largest absolute Gasteiger partial charge is 0.486 e. The van der Waals surface area contributed by atoms with Gasteiger partial charge in [0.05, 0.1) is 10.6 Å². The third kappa shape index (κ3) is 5.37. The maximum absolute atomic E-state index is 13.5. The number of anilines is 1. The molecule has 10 heteroatoms. The monoisotopic (exact) mass is 490 g/mol. The van der Waals surface area contributed by atoms with Gasteiger partial charge in [-0.15, -0.1) is 0 Å². The van der Waals surface area contributed by atoms with Crippen molar-refractivity contribution in [2.75, 3.05) is 24.1 Å². The maximum Gasteiger partial charge on any atom is 0.264 e. The Morgan fingerprint density at radius 2 is 1.64 bits per heavy atom. The maximum atomic E-state index is 13.5. The molecule has 1 aliphatic rings. The van der Waals surface area contributed by atoms with Gasteiger partial charge in [0.1, 0.15) is 25.6 Å². The van der Waals surface area contributed by atoms with Gasteiger partial charge in [-0.1, -0.05) is 23.7 Å². The molecule has 0 bridgehead atoms. The highest BCUT2D eigenvalue weighted by Crippen LogP contribution is 2.34. The molecule has 1 aliphatic heterocycles. The van der Waals surface area contributed by atoms with Crippen LogP contribution in [0.15, 0.2) is 71.6 Å². The van der Waals surface area contributed by atoms with Gasteiger partial charge in [0.15, 0.2) is 11.5 Å². The minimum atomic E-state index is -4.19. The number of nitrogens with zero attached hydrogens (tertiary/aromatic N) is 1. The van der Waals surface area contributed by atoms with Crippen LogP contribution < -0.4 is 19.1 Å². The van der Waals surface area contributed by atoms with Crippen LogP contribution in [0, 0.1) is 5.82 Å². The van der Waals surface area contributed by atoms with Crippen LogP contribution in [0.25, 0.3) is 0 Å². The molecule has 1 amide bonds. The van der Waals surface area contributed by atoms with Crippen LogP contribution in [0.5, 0.6) is 11.5 Å². The Morgan fingerprint density at radius 3 is 2.33 bits per heavy atom. The van der Waals surface area contributed by atoms with Crippen molar-refractivity contribution in [3.8, 4) is 11.5 Å². The summed E-state index contributed by atoms with van der Waals surface area (Å²) in [6.07, 6.45) is 0. The number of carbonyl (C=O) groups is 1. The van der Waals surface area contributed by atoms with E-state index in [4.69, 9.17) is 21.1 Å². The van der Waals surface area contributed by atoms with Gasteiger partial charge < -0.3 is 14.8 Å². The number of hydrogen-bond acceptors (Lipinski definition) is 5. The second-order valence-corrected chi connectivity index (χ2v) is 9.50. The van der Waals surface area contributed by atoms with Gasteiger partial charge in [0.2, 0.25) is 5.91 Å². The molecule has 0 atom stereocenters. The lowest BCUT2D eigenvalue weighted by molar-refractivity contribution is -0.119. The Morgan fingerprint density at radius 1 is 0.970 bits per heavy atom. The molecule has 0 fully saturated rings. The number of amides is 1. The molecule has 0 saturated carbocycles. The Balaban J connectivity index is 1.59. The van der Waals surface area contributed by atoms with Crippen LogP contribution in [-0.4, -0.2) is 34.1 Å². The van der Waals surface area contributed by atoms with Crippen molar-refractivity contribution >= 4 is 33.2 Å². The zero-order chi connectivity index (χ0) is 23.4. The standard InChI is InChI=1S/C23H20ClFN2O5S/c24-17-3-1-16(2-4-17)14-26-23(28)15-27(19-7-5-18(25)6-8-19)33(29,30)20-9-10-21-22(13-20)32-12-11-31-21/h1-10,13H,11-12,14-15H2,(H,26,28). The lowest BCUT2D eigenvalue weighted by Gasteiger charge is -2.25. The van der Waals surface area contributed by atoms with Crippen molar-refractivity contribution in [3.05, 3.63) is 83.1 Å². The fraction of sp³-hybridized carbons (Fsp3) is 0.174. The van der Waals surface area contributed by atoms with E-state index in [2.05, 4.69) is 5.32 Å². The highest BCUT2D eigenvalue weighted by Gasteiger charge is 2.29. The molecular formula is C23H20ClFN2O5S. The summed E-state index contributed by atoms with van der Waals surface area (Å²) in [5, 5.41) is 3.26. The van der Waals surface area contributed by atoms with E-state index in [0.717, 1.165) is 22.0 Å². The van der Waals surface area contributed by atoms with E-state index in [1.54, 1.807) is 24.3 Å². The minimum absolute atomic E-state index is 0.0819. The summed E-state index contributed by atoms with van der Waals surface area (Å²) in [6, 6.07) is 16.0. The molecule has 7 nitrogen and oxygen atoms in total. The van der Waals surface area contributed by atoms with Crippen LogP contribution in [0.4, 0.5) is 10.1 Å². The topological polar surface area (TPSA) is 84.9 Å². The molecule has 0 aliphatic carbocycles. The molecule has 0 aromatic heterocycles. The Hall–Kier alpha value is -3.30. The highest BCUT2D eigenvalue weighted by molar-refractivity contribution is 7.92. The number of rotatable bonds is 7. The average molecular weight is 491 g/mol. The molecular weight excluding hydrogens is 471 g/mol. The van der Waals surface area contributed by atoms with Crippen molar-refractivity contribution < 1.29 is 27.1 Å². The Kier molecular flexibility index (Phi) is 6.71. The summed E-state index contributed by atoms with van der Waals surface area (Å²) in [5.41, 5.74) is 0.948. The van der Waals surface area contributed by atoms with Crippen LogP contribution >= 0.6 is 11.6 Å². The molecule has 0 spiro atoms. The average Bonchev–Trinajstić information content (AvgIpc) is 2.82. The first-order valence-electron chi connectivity index (χ1n) is 10.0. The van der Waals surface area contributed by atoms with E-state index < -0.39 is 28.3 Å². The number of halogens is 2. The van der Waals surface area contributed by atoms with Gasteiger partial charge in [-0.05, 0) is 54.1 Å². The second-order valence-electron chi connectivity index (χ2n) is 7.20. The van der Waals surface area contributed by atoms with E-state index in [0.29, 0.717) is 29.7 Å². The normalized spacial score (nSPS) is 12.8. The fourth-order valence-electron chi connectivity index (χ4n) is 3.22. The number of fused-ring (bicyclic) bond motifs is 1. The second kappa shape index (κ2) is 9.68. The summed E-state index contributed by atoms with van der Waals surface area (Å²) in [6.45, 7) is 0.354. The van der Waals surface area contributed by atoms with E-state index in [9.17, 15) is 17.6 Å². The Bertz CT molecular complexity index is 1250. The van der Waals surface area contributed by atoms with Gasteiger partial charge >= 0.3 is 0 Å². The number of benzene rings is 3. The van der Waals surface area contributed by atoms with Crippen LogP contribution in [0.3, 0.4) is 0 Å². The first-order chi connectivity index (χ1) is 15.8. The molecule has 172 valence electrons. The van der Waals surface area contributed by atoms with Crippen LogP contribution in [0.2, 0.25) is 5.02 Å². The predicted molar refractivity (Wildman–Crippen MR) is 122 cm³/mol. The Labute approximate surface area is 195 Å². The minimum Gasteiger partial charge on any atom is -0.486 e. The van der Waals surface area contributed by atoms with E-state index >= 15 is 0 Å². The van der Waals surface area contributed by atoms with Gasteiger partial charge in [-0.2, -0.15) is 0 Å². The van der Waals surface area contributed by atoms with Gasteiger partial charge in [0.25, 0.3) is 10.0 Å². The first-order valence-corrected chi connectivity index (χ1v) is 11.8. The first kappa shape index (κ1) is 22.9. The molecule has 0 saturated heterocycles. The summed E-state index contributed by atoms with van der Waals surface area (Å²) in [7, 11) is -4.19. The summed E-state index contributed by atoms with van der Waals surface area (Å²) >= 11 is 5.87. The molecule has 1 N–H and O–H groups in total. The molecule has 1 heterocycles. The van der Waals surface area contributed by atoms with Gasteiger partial charge in [0, 0.05) is 17.6 Å². The van der Waals surface area contributed by atoms with Crippen LogP contribution in [-0.2, 0) is 21.4 Å². The smallest absolute Gasteiger partial charge is 0.264 e. The zero-order valence-electron chi connectivity index (χ0n) is 17.3. The summed E-state index contributed by atoms with van der Waals surface area (Å²) in [4.78, 5) is 12.6. The summed E-state index contributed by atoms with van der Waals surface area (Å²) in [5.74, 6) is -0.319. The van der Waals surface area contributed by atoms with Crippen molar-refractivity contribution in [2.24, 2.45) is 0 Å². The number of carbonyl (C=O) groups excluding carboxylic acids is 1. The number of nitrogens with one attached hydrogen (secondary N) is 1. The fourth-order valence-corrected chi connectivity index (χ4v) is 4.79. The number of hydrogen-bond donors (Lipinski definition) is 1. The molecule has 3 aromatic rings. The van der Waals surface area contributed by atoms with Crippen molar-refractivity contribution in [2.45, 2.75) is 11.4 Å². The van der Waals surface area contributed by atoms with Crippen molar-refractivity contribution in [3.63, 3.8) is 0 Å². The lowest BCUT2D eigenvalue weighted by atomic mass is 10.2. The molecule has 3 aromatic carbocycles. The van der Waals surface area contributed by atoms with E-state index in [1.165, 1.54) is 30.3 Å². The van der Waals surface area contributed by atoms with E-state index in [1.807, 2.05) is 0 Å². The third-order valence-electron chi connectivity index (χ3n) is 4.91. The van der Waals surface area contributed by atoms with E-state index in [-0.39, 0.29) is 17.1 Å². The predicted octanol–water partition coefficient (Wildman–Crippen LogP) is 3.76. The zero-order valence-corrected chi connectivity index (χ0v) is 18.9. The highest BCUT2D eigenvalue weighted by atomic mass is 35.5. The van der Waals surface area contributed by atoms with Crippen molar-refractivity contribution in [1.29, 1.82) is 0 Å². The molecule has 33 heavy (non-hydrogen) atoms.